The number of hydrogen-bond acceptors (Lipinski definition) is 5. The molecule has 2 aromatic heterocycles. The maximum atomic E-state index is 12.9. The molecule has 1 N–H and O–H groups in total. The second-order valence-corrected chi connectivity index (χ2v) is 8.26. The molecule has 2 rings (SSSR count). The SMILES string of the molecule is CCCn1cnc2c1c(=O)n(CCCCCC(C)(O)C#CCN(CC)CC)c(=O)n2C.Cl. The van der Waals surface area contributed by atoms with E-state index < -0.39 is 5.60 Å². The molecular formula is C23H38ClN5O3. The highest BCUT2D eigenvalue weighted by molar-refractivity contribution is 5.85. The van der Waals surface area contributed by atoms with E-state index in [9.17, 15) is 14.7 Å². The fourth-order valence-corrected chi connectivity index (χ4v) is 3.70. The standard InChI is InChI=1S/C23H37N5O3.ClH/c1-6-15-27-18-24-20-19(27)21(29)28(22(30)25(20)5)17-11-9-10-13-23(4,31)14-12-16-26(7-2)8-3;/h18,31H,6-11,13,15-17H2,1-5H3;1H. The van der Waals surface area contributed by atoms with E-state index in [1.54, 1.807) is 20.3 Å². The van der Waals surface area contributed by atoms with E-state index in [0.717, 1.165) is 32.4 Å². The lowest BCUT2D eigenvalue weighted by Gasteiger charge is -2.17. The third kappa shape index (κ3) is 6.96. The molecule has 0 aliphatic heterocycles. The average molecular weight is 468 g/mol. The quantitative estimate of drug-likeness (QED) is 0.405. The van der Waals surface area contributed by atoms with Crippen molar-refractivity contribution in [1.82, 2.24) is 23.6 Å². The van der Waals surface area contributed by atoms with Crippen LogP contribution < -0.4 is 11.2 Å². The third-order valence-corrected chi connectivity index (χ3v) is 5.67. The highest BCUT2D eigenvalue weighted by Crippen LogP contribution is 2.14. The first-order chi connectivity index (χ1) is 14.8. The highest BCUT2D eigenvalue weighted by Gasteiger charge is 2.17. The van der Waals surface area contributed by atoms with Crippen LogP contribution in [0.5, 0.6) is 0 Å². The Balaban J connectivity index is 0.00000512. The number of hydrogen-bond donors (Lipinski definition) is 1. The molecule has 1 atom stereocenters. The van der Waals surface area contributed by atoms with Crippen LogP contribution in [-0.4, -0.2) is 53.9 Å². The van der Waals surface area contributed by atoms with Crippen molar-refractivity contribution in [2.75, 3.05) is 19.6 Å². The third-order valence-electron chi connectivity index (χ3n) is 5.67. The molecule has 1 unspecified atom stereocenters. The molecule has 0 bridgehead atoms. The molecule has 0 radical (unpaired) electrons. The number of aromatic nitrogens is 4. The second-order valence-electron chi connectivity index (χ2n) is 8.26. The number of halogens is 1. The summed E-state index contributed by atoms with van der Waals surface area (Å²) in [5, 5.41) is 10.5. The largest absolute Gasteiger partial charge is 0.378 e. The van der Waals surface area contributed by atoms with Gasteiger partial charge >= 0.3 is 5.69 Å². The maximum absolute atomic E-state index is 12.9. The van der Waals surface area contributed by atoms with Crippen LogP contribution in [0, 0.1) is 11.8 Å². The molecule has 0 aromatic carbocycles. The summed E-state index contributed by atoms with van der Waals surface area (Å²) in [5.41, 5.74) is -0.729. The molecule has 0 aliphatic carbocycles. The Kier molecular flexibility index (Phi) is 11.2. The summed E-state index contributed by atoms with van der Waals surface area (Å²) in [6.45, 7) is 11.6. The summed E-state index contributed by atoms with van der Waals surface area (Å²) < 4.78 is 4.57. The number of imidazole rings is 1. The van der Waals surface area contributed by atoms with Crippen LogP contribution in [-0.2, 0) is 20.1 Å². The number of rotatable bonds is 11. The Bertz CT molecular complexity index is 1040. The molecule has 2 aromatic rings. The van der Waals surface area contributed by atoms with Gasteiger partial charge in [0.2, 0.25) is 0 Å². The van der Waals surface area contributed by atoms with E-state index in [2.05, 4.69) is 35.6 Å². The smallest absolute Gasteiger partial charge is 0.332 e. The number of aryl methyl sites for hydroxylation is 2. The minimum absolute atomic E-state index is 0. The van der Waals surface area contributed by atoms with Gasteiger partial charge in [-0.05, 0) is 45.7 Å². The van der Waals surface area contributed by atoms with Gasteiger partial charge in [0.1, 0.15) is 5.60 Å². The monoisotopic (exact) mass is 467 g/mol. The van der Waals surface area contributed by atoms with Crippen molar-refractivity contribution in [2.24, 2.45) is 7.05 Å². The zero-order valence-corrected chi connectivity index (χ0v) is 20.9. The lowest BCUT2D eigenvalue weighted by atomic mass is 9.99. The first-order valence-corrected chi connectivity index (χ1v) is 11.3. The molecular weight excluding hydrogens is 430 g/mol. The Labute approximate surface area is 196 Å². The Morgan fingerprint density at radius 2 is 1.81 bits per heavy atom. The van der Waals surface area contributed by atoms with Gasteiger partial charge in [-0.1, -0.05) is 39.0 Å². The number of fused-ring (bicyclic) bond motifs is 1. The van der Waals surface area contributed by atoms with Crippen molar-refractivity contribution >= 4 is 23.6 Å². The molecule has 8 nitrogen and oxygen atoms in total. The van der Waals surface area contributed by atoms with E-state index in [1.165, 1.54) is 9.13 Å². The molecule has 0 saturated carbocycles. The van der Waals surface area contributed by atoms with Gasteiger partial charge < -0.3 is 9.67 Å². The van der Waals surface area contributed by atoms with Crippen molar-refractivity contribution in [3.05, 3.63) is 27.2 Å². The Morgan fingerprint density at radius 3 is 2.44 bits per heavy atom. The van der Waals surface area contributed by atoms with Crippen molar-refractivity contribution in [3.63, 3.8) is 0 Å². The number of nitrogens with zero attached hydrogens (tertiary/aromatic N) is 5. The Morgan fingerprint density at radius 1 is 1.12 bits per heavy atom. The van der Waals surface area contributed by atoms with E-state index in [4.69, 9.17) is 0 Å². The zero-order chi connectivity index (χ0) is 23.0. The predicted octanol–water partition coefficient (Wildman–Crippen LogP) is 2.39. The molecule has 0 fully saturated rings. The molecule has 180 valence electrons. The lowest BCUT2D eigenvalue weighted by molar-refractivity contribution is 0.108. The van der Waals surface area contributed by atoms with Crippen molar-refractivity contribution < 1.29 is 5.11 Å². The topological polar surface area (TPSA) is 85.3 Å². The summed E-state index contributed by atoms with van der Waals surface area (Å²) >= 11 is 0. The van der Waals surface area contributed by atoms with Crippen LogP contribution in [0.1, 0.15) is 59.8 Å². The van der Waals surface area contributed by atoms with Gasteiger partial charge in [0.05, 0.1) is 12.9 Å². The zero-order valence-electron chi connectivity index (χ0n) is 20.1. The van der Waals surface area contributed by atoms with Gasteiger partial charge in [0.25, 0.3) is 5.56 Å². The van der Waals surface area contributed by atoms with Crippen molar-refractivity contribution in [2.45, 2.75) is 78.5 Å². The predicted molar refractivity (Wildman–Crippen MR) is 131 cm³/mol. The average Bonchev–Trinajstić information content (AvgIpc) is 3.16. The molecule has 0 aliphatic rings. The first-order valence-electron chi connectivity index (χ1n) is 11.3. The summed E-state index contributed by atoms with van der Waals surface area (Å²) in [5.74, 6) is 6.05. The normalized spacial score (nSPS) is 13.0. The summed E-state index contributed by atoms with van der Waals surface area (Å²) in [7, 11) is 1.65. The van der Waals surface area contributed by atoms with Gasteiger partial charge in [-0.15, -0.1) is 12.4 Å². The molecule has 0 saturated heterocycles. The Hall–Kier alpha value is -2.08. The maximum Gasteiger partial charge on any atom is 0.332 e. The molecule has 0 spiro atoms. The summed E-state index contributed by atoms with van der Waals surface area (Å²) in [6.07, 6.45) is 5.33. The van der Waals surface area contributed by atoms with Gasteiger partial charge in [-0.2, -0.15) is 0 Å². The fraction of sp³-hybridized carbons (Fsp3) is 0.696. The fourth-order valence-electron chi connectivity index (χ4n) is 3.70. The van der Waals surface area contributed by atoms with Crippen molar-refractivity contribution in [1.29, 1.82) is 0 Å². The molecule has 9 heteroatoms. The lowest BCUT2D eigenvalue weighted by Crippen LogP contribution is -2.39. The second kappa shape index (κ2) is 12.8. The molecule has 2 heterocycles. The van der Waals surface area contributed by atoms with E-state index in [-0.39, 0.29) is 23.7 Å². The van der Waals surface area contributed by atoms with Crippen LogP contribution in [0.2, 0.25) is 0 Å². The van der Waals surface area contributed by atoms with Crippen LogP contribution in [0.15, 0.2) is 15.9 Å². The van der Waals surface area contributed by atoms with Gasteiger partial charge in [-0.25, -0.2) is 9.78 Å². The molecule has 0 amide bonds. The van der Waals surface area contributed by atoms with Crippen LogP contribution in [0.4, 0.5) is 0 Å². The minimum Gasteiger partial charge on any atom is -0.378 e. The molecule has 32 heavy (non-hydrogen) atoms. The first kappa shape index (κ1) is 28.0. The number of unbranched alkanes of at least 4 members (excludes halogenated alkanes) is 2. The van der Waals surface area contributed by atoms with E-state index in [0.29, 0.717) is 43.6 Å². The van der Waals surface area contributed by atoms with E-state index >= 15 is 0 Å². The van der Waals surface area contributed by atoms with Gasteiger partial charge in [0.15, 0.2) is 11.2 Å². The van der Waals surface area contributed by atoms with Crippen LogP contribution in [0.3, 0.4) is 0 Å². The minimum atomic E-state index is -1.02. The van der Waals surface area contributed by atoms with Gasteiger partial charge in [0, 0.05) is 20.1 Å². The van der Waals surface area contributed by atoms with Crippen molar-refractivity contribution in [3.8, 4) is 11.8 Å². The summed E-state index contributed by atoms with van der Waals surface area (Å²) in [4.78, 5) is 32.0. The van der Waals surface area contributed by atoms with Crippen LogP contribution >= 0.6 is 12.4 Å². The van der Waals surface area contributed by atoms with E-state index in [1.807, 2.05) is 11.5 Å². The van der Waals surface area contributed by atoms with Gasteiger partial charge in [-0.3, -0.25) is 18.8 Å². The van der Waals surface area contributed by atoms with Crippen LogP contribution in [0.25, 0.3) is 11.2 Å². The highest BCUT2D eigenvalue weighted by atomic mass is 35.5. The summed E-state index contributed by atoms with van der Waals surface area (Å²) in [6, 6.07) is 0. The number of aliphatic hydroxyl groups is 1.